The first-order valence-electron chi connectivity index (χ1n) is 9.03. The number of aryl methyl sites for hydroxylation is 2. The van der Waals surface area contributed by atoms with E-state index < -0.39 is 0 Å². The Hall–Kier alpha value is -2.44. The van der Waals surface area contributed by atoms with Crippen molar-refractivity contribution in [3.05, 3.63) is 65.5 Å². The second-order valence-electron chi connectivity index (χ2n) is 7.00. The maximum atomic E-state index is 5.64. The number of methoxy groups -OCH3 is 1. The van der Waals surface area contributed by atoms with Gasteiger partial charge >= 0.3 is 0 Å². The third kappa shape index (κ3) is 3.30. The van der Waals surface area contributed by atoms with E-state index in [2.05, 4.69) is 40.2 Å². The van der Waals surface area contributed by atoms with E-state index in [1.54, 1.807) is 7.11 Å². The van der Waals surface area contributed by atoms with Crippen molar-refractivity contribution in [3.63, 3.8) is 0 Å². The van der Waals surface area contributed by atoms with Gasteiger partial charge in [0.2, 0.25) is 0 Å². The maximum Gasteiger partial charge on any atom is 0.124 e. The first-order chi connectivity index (χ1) is 12.6. The highest BCUT2D eigenvalue weighted by Crippen LogP contribution is 2.33. The molecule has 4 rings (SSSR count). The molecule has 0 saturated carbocycles. The third-order valence-corrected chi connectivity index (χ3v) is 5.20. The van der Waals surface area contributed by atoms with E-state index in [1.165, 1.54) is 5.56 Å². The van der Waals surface area contributed by atoms with Crippen LogP contribution in [0.25, 0.3) is 5.69 Å². The van der Waals surface area contributed by atoms with Crippen molar-refractivity contribution in [1.29, 1.82) is 0 Å². The molecule has 3 heterocycles. The van der Waals surface area contributed by atoms with Crippen molar-refractivity contribution < 1.29 is 4.74 Å². The molecule has 6 nitrogen and oxygen atoms in total. The van der Waals surface area contributed by atoms with Crippen LogP contribution in [0, 0.1) is 13.8 Å². The Morgan fingerprint density at radius 3 is 2.73 bits per heavy atom. The Labute approximate surface area is 153 Å². The summed E-state index contributed by atoms with van der Waals surface area (Å²) in [6.07, 6.45) is 5.24. The van der Waals surface area contributed by atoms with Crippen molar-refractivity contribution in [3.8, 4) is 5.69 Å². The Morgan fingerprint density at radius 1 is 1.23 bits per heavy atom. The first kappa shape index (κ1) is 17.0. The van der Waals surface area contributed by atoms with Crippen LogP contribution in [0.3, 0.4) is 0 Å². The minimum Gasteiger partial charge on any atom is -0.380 e. The van der Waals surface area contributed by atoms with E-state index in [1.807, 2.05) is 36.0 Å². The van der Waals surface area contributed by atoms with Crippen molar-refractivity contribution >= 4 is 0 Å². The number of nitrogens with zero attached hydrogens (tertiary/aromatic N) is 4. The van der Waals surface area contributed by atoms with Gasteiger partial charge < -0.3 is 9.72 Å². The molecule has 0 amide bonds. The van der Waals surface area contributed by atoms with Crippen LogP contribution in [0.5, 0.6) is 0 Å². The number of rotatable bonds is 5. The van der Waals surface area contributed by atoms with E-state index in [-0.39, 0.29) is 12.1 Å². The van der Waals surface area contributed by atoms with E-state index in [0.29, 0.717) is 0 Å². The van der Waals surface area contributed by atoms with Gasteiger partial charge in [-0.05, 0) is 32.4 Å². The number of aromatic nitrogens is 4. The molecule has 0 spiro atoms. The van der Waals surface area contributed by atoms with Gasteiger partial charge in [0.05, 0.1) is 29.7 Å². The van der Waals surface area contributed by atoms with Crippen molar-refractivity contribution in [2.75, 3.05) is 13.7 Å². The molecule has 2 atom stereocenters. The lowest BCUT2D eigenvalue weighted by Crippen LogP contribution is -2.25. The number of aromatic amines is 1. The predicted molar refractivity (Wildman–Crippen MR) is 100 cm³/mol. The Kier molecular flexibility index (Phi) is 4.61. The highest BCUT2D eigenvalue weighted by atomic mass is 16.5. The molecule has 1 aliphatic rings. The predicted octanol–water partition coefficient (Wildman–Crippen LogP) is 3.17. The van der Waals surface area contributed by atoms with Crippen LogP contribution < -0.4 is 0 Å². The Bertz CT molecular complexity index is 850. The molecular formula is C20H25N5O. The van der Waals surface area contributed by atoms with Crippen LogP contribution >= 0.6 is 0 Å². The lowest BCUT2D eigenvalue weighted by Gasteiger charge is -2.21. The van der Waals surface area contributed by atoms with E-state index in [0.717, 1.165) is 42.4 Å². The topological polar surface area (TPSA) is 59.0 Å². The molecule has 6 heteroatoms. The maximum absolute atomic E-state index is 5.64. The molecule has 0 radical (unpaired) electrons. The van der Waals surface area contributed by atoms with Gasteiger partial charge in [-0.25, -0.2) is 9.67 Å². The average molecular weight is 351 g/mol. The second kappa shape index (κ2) is 7.05. The number of H-pyrrole nitrogens is 1. The summed E-state index contributed by atoms with van der Waals surface area (Å²) in [6, 6.07) is 10.4. The number of ether oxygens (including phenoxy) is 1. The molecule has 1 aromatic carbocycles. The molecule has 2 aromatic heterocycles. The summed E-state index contributed by atoms with van der Waals surface area (Å²) < 4.78 is 7.56. The first-order valence-corrected chi connectivity index (χ1v) is 9.03. The van der Waals surface area contributed by atoms with Crippen molar-refractivity contribution in [2.24, 2.45) is 0 Å². The quantitative estimate of drug-likeness (QED) is 0.767. The molecule has 26 heavy (non-hydrogen) atoms. The van der Waals surface area contributed by atoms with Gasteiger partial charge in [0, 0.05) is 37.7 Å². The summed E-state index contributed by atoms with van der Waals surface area (Å²) in [7, 11) is 1.79. The van der Waals surface area contributed by atoms with Gasteiger partial charge in [-0.1, -0.05) is 18.2 Å². The molecule has 3 aromatic rings. The van der Waals surface area contributed by atoms with Crippen LogP contribution in [0.2, 0.25) is 0 Å². The molecule has 1 fully saturated rings. The van der Waals surface area contributed by atoms with Crippen LogP contribution in [-0.4, -0.2) is 44.4 Å². The molecule has 136 valence electrons. The number of benzene rings is 1. The number of hydrogen-bond acceptors (Lipinski definition) is 4. The van der Waals surface area contributed by atoms with Crippen molar-refractivity contribution in [2.45, 2.75) is 39.0 Å². The number of imidazole rings is 1. The molecule has 1 aliphatic heterocycles. The van der Waals surface area contributed by atoms with Gasteiger partial charge in [-0.3, -0.25) is 4.90 Å². The third-order valence-electron chi connectivity index (χ3n) is 5.20. The van der Waals surface area contributed by atoms with Crippen molar-refractivity contribution in [1.82, 2.24) is 24.6 Å². The van der Waals surface area contributed by atoms with Gasteiger partial charge in [0.1, 0.15) is 5.82 Å². The van der Waals surface area contributed by atoms with Gasteiger partial charge in [-0.2, -0.15) is 5.10 Å². The lowest BCUT2D eigenvalue weighted by molar-refractivity contribution is 0.107. The van der Waals surface area contributed by atoms with E-state index in [9.17, 15) is 0 Å². The minimum atomic E-state index is 0.231. The molecule has 0 unspecified atom stereocenters. The Balaban J connectivity index is 1.54. The zero-order chi connectivity index (χ0) is 18.1. The molecular weight excluding hydrogens is 326 g/mol. The van der Waals surface area contributed by atoms with Gasteiger partial charge in [-0.15, -0.1) is 0 Å². The average Bonchev–Trinajstić information content (AvgIpc) is 3.36. The van der Waals surface area contributed by atoms with Crippen LogP contribution in [0.1, 0.15) is 35.2 Å². The minimum absolute atomic E-state index is 0.231. The van der Waals surface area contributed by atoms with Crippen LogP contribution in [-0.2, 0) is 11.3 Å². The summed E-state index contributed by atoms with van der Waals surface area (Å²) in [5, 5.41) is 4.52. The lowest BCUT2D eigenvalue weighted by atomic mass is 10.2. The summed E-state index contributed by atoms with van der Waals surface area (Å²) in [4.78, 5) is 10.6. The second-order valence-corrected chi connectivity index (χ2v) is 7.00. The zero-order valence-corrected chi connectivity index (χ0v) is 15.5. The molecule has 1 N–H and O–H groups in total. The highest BCUT2D eigenvalue weighted by molar-refractivity contribution is 5.31. The fourth-order valence-electron chi connectivity index (χ4n) is 3.62. The number of hydrogen-bond donors (Lipinski definition) is 1. The highest BCUT2D eigenvalue weighted by Gasteiger charge is 2.35. The summed E-state index contributed by atoms with van der Waals surface area (Å²) in [5.41, 5.74) is 4.47. The summed E-state index contributed by atoms with van der Waals surface area (Å²) >= 11 is 0. The van der Waals surface area contributed by atoms with Crippen LogP contribution in [0.4, 0.5) is 0 Å². The number of nitrogens with one attached hydrogen (secondary N) is 1. The fraction of sp³-hybridized carbons (Fsp3) is 0.400. The van der Waals surface area contributed by atoms with Gasteiger partial charge in [0.25, 0.3) is 0 Å². The summed E-state index contributed by atoms with van der Waals surface area (Å²) in [5.74, 6) is 1.04. The van der Waals surface area contributed by atoms with Crippen LogP contribution in [0.15, 0.2) is 42.7 Å². The number of para-hydroxylation sites is 1. The normalized spacial score (nSPS) is 20.7. The molecule has 1 saturated heterocycles. The summed E-state index contributed by atoms with van der Waals surface area (Å²) in [6.45, 7) is 5.85. The Morgan fingerprint density at radius 2 is 2.04 bits per heavy atom. The van der Waals surface area contributed by atoms with E-state index >= 15 is 0 Å². The molecule has 0 bridgehead atoms. The smallest absolute Gasteiger partial charge is 0.124 e. The van der Waals surface area contributed by atoms with E-state index in [4.69, 9.17) is 9.72 Å². The zero-order valence-electron chi connectivity index (χ0n) is 15.5. The fourth-order valence-corrected chi connectivity index (χ4v) is 3.62. The SMILES string of the molecule is CO[C@@H]1C[C@@H](c2nc(C)c(C)[nH]2)N(Cc2cnn(-c3ccccc3)c2)C1. The van der Waals surface area contributed by atoms with Gasteiger partial charge in [0.15, 0.2) is 0 Å². The largest absolute Gasteiger partial charge is 0.380 e. The molecule has 0 aliphatic carbocycles. The monoisotopic (exact) mass is 351 g/mol. The standard InChI is InChI=1S/C20H25N5O/c1-14-15(2)23-20(22-14)19-9-18(26-3)13-24(19)11-16-10-21-25(12-16)17-7-5-4-6-8-17/h4-8,10,12,18-19H,9,11,13H2,1-3H3,(H,22,23)/t18-,19+/m1/s1. The number of likely N-dealkylation sites (tertiary alicyclic amines) is 1.